The molecule has 2 N–H and O–H groups in total. The van der Waals surface area contributed by atoms with E-state index in [2.05, 4.69) is 13.8 Å². The van der Waals surface area contributed by atoms with Crippen molar-refractivity contribution < 1.29 is 13.0 Å². The van der Waals surface area contributed by atoms with Crippen LogP contribution in [0.25, 0.3) is 0 Å². The lowest BCUT2D eigenvalue weighted by Gasteiger charge is -2.27. The fraction of sp³-hybridized carbons (Fsp3) is 1.00. The van der Waals surface area contributed by atoms with Gasteiger partial charge in [-0.05, 0) is 18.6 Å². The first-order valence-corrected chi connectivity index (χ1v) is 13.3. The fourth-order valence-corrected chi connectivity index (χ4v) is 9.01. The van der Waals surface area contributed by atoms with E-state index < -0.39 is 16.7 Å². The van der Waals surface area contributed by atoms with Crippen LogP contribution in [0.1, 0.15) is 72.1 Å². The van der Waals surface area contributed by atoms with Crippen LogP contribution in [0, 0.1) is 0 Å². The Hall–Kier alpha value is 0.450. The van der Waals surface area contributed by atoms with Crippen molar-refractivity contribution >= 4 is 28.1 Å². The third kappa shape index (κ3) is 8.92. The molecule has 0 aliphatic heterocycles. The van der Waals surface area contributed by atoms with Crippen LogP contribution in [0.5, 0.6) is 0 Å². The third-order valence-corrected chi connectivity index (χ3v) is 10.7. The molecule has 0 spiro atoms. The van der Waals surface area contributed by atoms with Crippen LogP contribution in [0.15, 0.2) is 0 Å². The van der Waals surface area contributed by atoms with Crippen LogP contribution in [-0.2, 0) is 14.6 Å². The summed E-state index contributed by atoms with van der Waals surface area (Å²) >= 11 is 1.06. The predicted molar refractivity (Wildman–Crippen MR) is 98.7 cm³/mol. The molecule has 134 valence electrons. The predicted octanol–water partition coefficient (Wildman–Crippen LogP) is 4.60. The van der Waals surface area contributed by atoms with Gasteiger partial charge in [0.15, 0.2) is 0 Å². The lowest BCUT2D eigenvalue weighted by Crippen LogP contribution is -2.33. The average Bonchev–Trinajstić information content (AvgIpc) is 2.43. The molecule has 0 aromatic rings. The van der Waals surface area contributed by atoms with Crippen molar-refractivity contribution in [2.75, 3.05) is 18.1 Å². The molecular formula is C14H33N2O3PS2. The highest BCUT2D eigenvalue weighted by molar-refractivity contribution is 8.57. The summed E-state index contributed by atoms with van der Waals surface area (Å²) in [5, 5.41) is 0. The molecule has 0 aromatic heterocycles. The largest absolute Gasteiger partial charge is 0.279 e. The monoisotopic (exact) mass is 372 g/mol. The summed E-state index contributed by atoms with van der Waals surface area (Å²) in [7, 11) is -3.55. The quantitative estimate of drug-likeness (QED) is 0.356. The molecule has 1 atom stereocenters. The summed E-state index contributed by atoms with van der Waals surface area (Å²) < 4.78 is 38.8. The van der Waals surface area contributed by atoms with Gasteiger partial charge in [-0.1, -0.05) is 70.7 Å². The van der Waals surface area contributed by atoms with E-state index in [0.717, 1.165) is 54.0 Å². The fourth-order valence-electron chi connectivity index (χ4n) is 2.19. The molecule has 8 heteroatoms. The van der Waals surface area contributed by atoms with Gasteiger partial charge in [0.2, 0.25) is 10.0 Å². The lowest BCUT2D eigenvalue weighted by atomic mass is 10.2. The lowest BCUT2D eigenvalue weighted by molar-refractivity contribution is 0.487. The Labute approximate surface area is 141 Å². The molecular weight excluding hydrogens is 339 g/mol. The molecule has 0 radical (unpaired) electrons. The molecule has 0 aliphatic rings. The zero-order chi connectivity index (χ0) is 17.1. The Balaban J connectivity index is 4.84. The summed E-state index contributed by atoms with van der Waals surface area (Å²) in [6, 6.07) is 0. The zero-order valence-corrected chi connectivity index (χ0v) is 16.8. The minimum Gasteiger partial charge on any atom is -0.276 e. The molecule has 22 heavy (non-hydrogen) atoms. The SMILES string of the molecule is CCCCCCN(P(N)(=O)SCC)S(=O)(=O)CCCCCC. The van der Waals surface area contributed by atoms with Crippen LogP contribution >= 0.6 is 18.0 Å². The van der Waals surface area contributed by atoms with E-state index in [-0.39, 0.29) is 12.3 Å². The smallest absolute Gasteiger partial charge is 0.276 e. The molecule has 0 rings (SSSR count). The number of nitrogens with zero attached hydrogens (tertiary/aromatic N) is 1. The summed E-state index contributed by atoms with van der Waals surface area (Å²) in [5.41, 5.74) is 5.87. The van der Waals surface area contributed by atoms with Gasteiger partial charge < -0.3 is 0 Å². The van der Waals surface area contributed by atoms with Gasteiger partial charge in [0.25, 0.3) is 6.65 Å². The second kappa shape index (κ2) is 11.9. The maximum Gasteiger partial charge on any atom is 0.279 e. The number of nitrogens with two attached hydrogens (primary N) is 1. The molecule has 0 saturated carbocycles. The van der Waals surface area contributed by atoms with E-state index in [1.165, 1.54) is 0 Å². The molecule has 0 heterocycles. The van der Waals surface area contributed by atoms with Crippen molar-refractivity contribution in [3.63, 3.8) is 0 Å². The highest BCUT2D eigenvalue weighted by atomic mass is 32.7. The van der Waals surface area contributed by atoms with Gasteiger partial charge in [-0.2, -0.15) is 0 Å². The number of hydrogen-bond acceptors (Lipinski definition) is 4. The van der Waals surface area contributed by atoms with E-state index in [0.29, 0.717) is 18.6 Å². The number of rotatable bonds is 14. The van der Waals surface area contributed by atoms with E-state index in [4.69, 9.17) is 5.50 Å². The van der Waals surface area contributed by atoms with Crippen molar-refractivity contribution in [1.82, 2.24) is 4.08 Å². The van der Waals surface area contributed by atoms with Gasteiger partial charge in [0.05, 0.1) is 5.75 Å². The third-order valence-electron chi connectivity index (χ3n) is 3.40. The van der Waals surface area contributed by atoms with Gasteiger partial charge in [-0.15, -0.1) is 4.08 Å². The second-order valence-electron chi connectivity index (χ2n) is 5.47. The van der Waals surface area contributed by atoms with E-state index >= 15 is 0 Å². The van der Waals surface area contributed by atoms with Crippen molar-refractivity contribution in [3.8, 4) is 0 Å². The van der Waals surface area contributed by atoms with E-state index in [9.17, 15) is 13.0 Å². The van der Waals surface area contributed by atoms with Gasteiger partial charge >= 0.3 is 0 Å². The molecule has 0 bridgehead atoms. The molecule has 0 saturated heterocycles. The van der Waals surface area contributed by atoms with Crippen LogP contribution < -0.4 is 5.50 Å². The highest BCUT2D eigenvalue weighted by Gasteiger charge is 2.35. The van der Waals surface area contributed by atoms with Crippen LogP contribution in [-0.4, -0.2) is 30.5 Å². The van der Waals surface area contributed by atoms with E-state index in [1.54, 1.807) is 0 Å². The standard InChI is InChI=1S/C14H33N2O3PS2/c1-4-7-9-11-13-16(20(15,17)21-6-3)22(18,19)14-12-10-8-5-2/h4-14H2,1-3H3,(H2,15,17). The Morgan fingerprint density at radius 2 is 1.50 bits per heavy atom. The van der Waals surface area contributed by atoms with Crippen LogP contribution in [0.4, 0.5) is 0 Å². The van der Waals surface area contributed by atoms with Gasteiger partial charge in [-0.25, -0.2) is 8.42 Å². The number of hydrogen-bond donors (Lipinski definition) is 1. The molecule has 5 nitrogen and oxygen atoms in total. The van der Waals surface area contributed by atoms with Gasteiger partial charge in [-0.3, -0.25) is 10.1 Å². The number of sulfonamides is 1. The van der Waals surface area contributed by atoms with Crippen molar-refractivity contribution in [3.05, 3.63) is 0 Å². The molecule has 0 fully saturated rings. The van der Waals surface area contributed by atoms with Crippen molar-refractivity contribution in [1.29, 1.82) is 0 Å². The Kier molecular flexibility index (Phi) is 12.1. The van der Waals surface area contributed by atoms with Crippen LogP contribution in [0.3, 0.4) is 0 Å². The summed E-state index contributed by atoms with van der Waals surface area (Å²) in [6.45, 7) is 2.93. The maximum atomic E-state index is 12.6. The minimum atomic E-state index is -3.55. The summed E-state index contributed by atoms with van der Waals surface area (Å²) in [4.78, 5) is 0. The van der Waals surface area contributed by atoms with Gasteiger partial charge in [0, 0.05) is 6.54 Å². The molecule has 0 aromatic carbocycles. The van der Waals surface area contributed by atoms with Crippen molar-refractivity contribution in [2.45, 2.75) is 72.1 Å². The van der Waals surface area contributed by atoms with Gasteiger partial charge in [0.1, 0.15) is 0 Å². The first kappa shape index (κ1) is 22.4. The summed E-state index contributed by atoms with van der Waals surface area (Å²) in [6.07, 6.45) is 7.36. The first-order valence-electron chi connectivity index (χ1n) is 8.35. The Morgan fingerprint density at radius 1 is 0.955 bits per heavy atom. The Bertz CT molecular complexity index is 430. The highest BCUT2D eigenvalue weighted by Crippen LogP contribution is 2.55. The average molecular weight is 373 g/mol. The number of unbranched alkanes of at least 4 members (excludes halogenated alkanes) is 6. The van der Waals surface area contributed by atoms with Crippen molar-refractivity contribution in [2.24, 2.45) is 5.50 Å². The Morgan fingerprint density at radius 3 is 2.00 bits per heavy atom. The molecule has 0 amide bonds. The maximum absolute atomic E-state index is 12.6. The second-order valence-corrected chi connectivity index (χ2v) is 12.5. The van der Waals surface area contributed by atoms with E-state index in [1.807, 2.05) is 6.92 Å². The van der Waals surface area contributed by atoms with Crippen LogP contribution in [0.2, 0.25) is 0 Å². The normalized spacial score (nSPS) is 15.1. The molecule has 0 aliphatic carbocycles. The zero-order valence-electron chi connectivity index (χ0n) is 14.3. The first-order chi connectivity index (χ1) is 10.3. The molecule has 1 unspecified atom stereocenters. The summed E-state index contributed by atoms with van der Waals surface area (Å²) in [5.74, 6) is 0.594. The topological polar surface area (TPSA) is 80.5 Å². The minimum absolute atomic E-state index is 0.0479.